The normalized spacial score (nSPS) is 17.4. The molecule has 0 spiro atoms. The Balaban J connectivity index is 1.69. The molecule has 0 bridgehead atoms. The van der Waals surface area contributed by atoms with Crippen molar-refractivity contribution in [2.45, 2.75) is 77.4 Å². The lowest BCUT2D eigenvalue weighted by Gasteiger charge is -2.24. The number of nitrogens with one attached hydrogen (secondary N) is 2. The number of esters is 2. The number of nitrogens with zero attached hydrogens (tertiary/aromatic N) is 1. The van der Waals surface area contributed by atoms with Gasteiger partial charge in [0.2, 0.25) is 11.8 Å². The van der Waals surface area contributed by atoms with Gasteiger partial charge in [0, 0.05) is 6.42 Å². The van der Waals surface area contributed by atoms with Crippen molar-refractivity contribution in [2.24, 2.45) is 0 Å². The summed E-state index contributed by atoms with van der Waals surface area (Å²) in [5.41, 5.74) is 0.735. The fourth-order valence-corrected chi connectivity index (χ4v) is 4.14. The number of hydrogen-bond donors (Lipinski definition) is 2. The lowest BCUT2D eigenvalue weighted by Crippen LogP contribution is -2.53. The first-order valence-electron chi connectivity index (χ1n) is 13.4. The van der Waals surface area contributed by atoms with Crippen molar-refractivity contribution in [2.75, 3.05) is 6.61 Å². The minimum absolute atomic E-state index is 0.0302. The standard InChI is InChI=1S/C30H37N3O8/c1-6-39-27(36)23-24(28(37)40-18-21-15-11-8-12-16-21)33(23)26(35)19(2)31-25(34)22(17-20-13-9-7-10-14-20)32-29(38)41-30(3,4)5/h7-16,19,22-24H,6,17-18H2,1-5H3,(H,31,34)(H,32,38)/t19-,22-,23-,24-,33?/m0/s1. The summed E-state index contributed by atoms with van der Waals surface area (Å²) in [4.78, 5) is 65.5. The van der Waals surface area contributed by atoms with Gasteiger partial charge < -0.3 is 29.7 Å². The third kappa shape index (κ3) is 9.06. The number of rotatable bonds is 11. The van der Waals surface area contributed by atoms with Gasteiger partial charge >= 0.3 is 18.0 Å². The number of alkyl carbamates (subject to hydrolysis) is 1. The minimum atomic E-state index is -1.18. The van der Waals surface area contributed by atoms with Crippen LogP contribution in [0.4, 0.5) is 4.79 Å². The van der Waals surface area contributed by atoms with Crippen LogP contribution in [-0.2, 0) is 46.4 Å². The lowest BCUT2D eigenvalue weighted by molar-refractivity contribution is -0.148. The highest BCUT2D eigenvalue weighted by molar-refractivity contribution is 6.03. The van der Waals surface area contributed by atoms with Gasteiger partial charge in [-0.2, -0.15) is 0 Å². The van der Waals surface area contributed by atoms with E-state index >= 15 is 0 Å². The molecular formula is C30H37N3O8. The summed E-state index contributed by atoms with van der Waals surface area (Å²) < 4.78 is 15.7. The molecule has 3 amide bonds. The fraction of sp³-hybridized carbons (Fsp3) is 0.433. The molecule has 0 radical (unpaired) electrons. The average Bonchev–Trinajstić information content (AvgIpc) is 3.67. The monoisotopic (exact) mass is 567 g/mol. The smallest absolute Gasteiger partial charge is 0.408 e. The van der Waals surface area contributed by atoms with Crippen LogP contribution in [0, 0.1) is 0 Å². The largest absolute Gasteiger partial charge is 0.464 e. The van der Waals surface area contributed by atoms with Crippen LogP contribution in [-0.4, -0.2) is 71.1 Å². The quantitative estimate of drug-likeness (QED) is 0.240. The summed E-state index contributed by atoms with van der Waals surface area (Å²) in [6.07, 6.45) is -0.654. The topological polar surface area (TPSA) is 140 Å². The van der Waals surface area contributed by atoms with Gasteiger partial charge in [-0.1, -0.05) is 60.7 Å². The first-order valence-corrected chi connectivity index (χ1v) is 13.4. The Kier molecular flexibility index (Phi) is 10.5. The molecule has 0 saturated carbocycles. The Morgan fingerprint density at radius 2 is 1.37 bits per heavy atom. The number of benzene rings is 2. The highest BCUT2D eigenvalue weighted by atomic mass is 16.6. The first-order chi connectivity index (χ1) is 19.4. The number of carbonyl (C=O) groups is 5. The van der Waals surface area contributed by atoms with Gasteiger partial charge in [0.25, 0.3) is 0 Å². The van der Waals surface area contributed by atoms with Gasteiger partial charge in [-0.15, -0.1) is 0 Å². The van der Waals surface area contributed by atoms with E-state index in [4.69, 9.17) is 14.2 Å². The third-order valence-corrected chi connectivity index (χ3v) is 6.08. The van der Waals surface area contributed by atoms with Crippen molar-refractivity contribution in [1.29, 1.82) is 0 Å². The zero-order valence-electron chi connectivity index (χ0n) is 23.9. The molecule has 1 aliphatic heterocycles. The van der Waals surface area contributed by atoms with Gasteiger partial charge in [0.15, 0.2) is 12.1 Å². The SMILES string of the molecule is CCOC(=O)[C@@H]1[C@@H](C(=O)OCc2ccccc2)N1C(=O)[C@H](C)NC(=O)[C@H](Cc1ccccc1)NC(=O)OC(C)(C)C. The minimum Gasteiger partial charge on any atom is -0.464 e. The molecule has 2 N–H and O–H groups in total. The van der Waals surface area contributed by atoms with E-state index in [1.54, 1.807) is 76.2 Å². The number of ether oxygens (including phenoxy) is 3. The summed E-state index contributed by atoms with van der Waals surface area (Å²) in [7, 11) is 0. The van der Waals surface area contributed by atoms with Crippen molar-refractivity contribution in [1.82, 2.24) is 15.5 Å². The Bertz CT molecular complexity index is 1230. The molecule has 0 aromatic heterocycles. The van der Waals surface area contributed by atoms with Crippen molar-refractivity contribution < 1.29 is 38.2 Å². The third-order valence-electron chi connectivity index (χ3n) is 6.08. The Morgan fingerprint density at radius 1 is 0.829 bits per heavy atom. The Hall–Kier alpha value is -4.41. The second-order valence-electron chi connectivity index (χ2n) is 10.6. The molecule has 220 valence electrons. The average molecular weight is 568 g/mol. The van der Waals surface area contributed by atoms with E-state index < -0.39 is 59.6 Å². The molecule has 11 nitrogen and oxygen atoms in total. The van der Waals surface area contributed by atoms with E-state index in [9.17, 15) is 24.0 Å². The first kappa shape index (κ1) is 31.1. The molecule has 3 rings (SSSR count). The highest BCUT2D eigenvalue weighted by Crippen LogP contribution is 2.32. The second-order valence-corrected chi connectivity index (χ2v) is 10.6. The Morgan fingerprint density at radius 3 is 1.90 bits per heavy atom. The van der Waals surface area contributed by atoms with Crippen molar-refractivity contribution in [3.63, 3.8) is 0 Å². The molecule has 4 atom stereocenters. The molecular weight excluding hydrogens is 530 g/mol. The van der Waals surface area contributed by atoms with Crippen LogP contribution in [0.1, 0.15) is 45.7 Å². The maximum atomic E-state index is 13.3. The van der Waals surface area contributed by atoms with E-state index in [0.29, 0.717) is 0 Å². The molecule has 2 aromatic rings. The maximum absolute atomic E-state index is 13.3. The molecule has 11 heteroatoms. The van der Waals surface area contributed by atoms with Gasteiger partial charge in [0.05, 0.1) is 6.61 Å². The maximum Gasteiger partial charge on any atom is 0.408 e. The molecule has 1 fully saturated rings. The number of carbonyl (C=O) groups excluding carboxylic acids is 5. The predicted molar refractivity (Wildman–Crippen MR) is 148 cm³/mol. The van der Waals surface area contributed by atoms with Crippen LogP contribution >= 0.6 is 0 Å². The molecule has 1 heterocycles. The van der Waals surface area contributed by atoms with E-state index in [-0.39, 0.29) is 19.6 Å². The molecule has 1 saturated heterocycles. The molecule has 2 aromatic carbocycles. The van der Waals surface area contributed by atoms with Gasteiger partial charge in [-0.3, -0.25) is 9.59 Å². The number of amides is 3. The van der Waals surface area contributed by atoms with E-state index in [2.05, 4.69) is 10.6 Å². The predicted octanol–water partition coefficient (Wildman–Crippen LogP) is 2.51. The second kappa shape index (κ2) is 13.8. The summed E-state index contributed by atoms with van der Waals surface area (Å²) in [6, 6.07) is 13.5. The molecule has 0 unspecified atom stereocenters. The fourth-order valence-electron chi connectivity index (χ4n) is 4.14. The summed E-state index contributed by atoms with van der Waals surface area (Å²) in [5.74, 6) is -2.81. The van der Waals surface area contributed by atoms with Crippen LogP contribution in [0.2, 0.25) is 0 Å². The highest BCUT2D eigenvalue weighted by Gasteiger charge is 2.62. The van der Waals surface area contributed by atoms with Crippen LogP contribution < -0.4 is 10.6 Å². The Labute approximate surface area is 239 Å². The molecule has 1 aliphatic rings. The van der Waals surface area contributed by atoms with E-state index in [1.165, 1.54) is 6.92 Å². The van der Waals surface area contributed by atoms with E-state index in [1.807, 2.05) is 12.1 Å². The van der Waals surface area contributed by atoms with Gasteiger partial charge in [-0.05, 0) is 45.7 Å². The van der Waals surface area contributed by atoms with Crippen molar-refractivity contribution >= 4 is 29.8 Å². The zero-order valence-corrected chi connectivity index (χ0v) is 23.9. The molecule has 0 aliphatic carbocycles. The number of hydrogen-bond acceptors (Lipinski definition) is 8. The van der Waals surface area contributed by atoms with Gasteiger partial charge in [0.1, 0.15) is 24.3 Å². The van der Waals surface area contributed by atoms with Crippen LogP contribution in [0.25, 0.3) is 0 Å². The lowest BCUT2D eigenvalue weighted by atomic mass is 10.0. The molecule has 41 heavy (non-hydrogen) atoms. The van der Waals surface area contributed by atoms with Crippen molar-refractivity contribution in [3.05, 3.63) is 71.8 Å². The van der Waals surface area contributed by atoms with Crippen LogP contribution in [0.15, 0.2) is 60.7 Å². The summed E-state index contributed by atoms with van der Waals surface area (Å²) >= 11 is 0. The summed E-state index contributed by atoms with van der Waals surface area (Å²) in [6.45, 7) is 8.17. The zero-order chi connectivity index (χ0) is 30.2. The van der Waals surface area contributed by atoms with Gasteiger partial charge in [-0.25, -0.2) is 14.4 Å². The van der Waals surface area contributed by atoms with E-state index in [0.717, 1.165) is 16.0 Å². The van der Waals surface area contributed by atoms with Crippen molar-refractivity contribution in [3.8, 4) is 0 Å². The van der Waals surface area contributed by atoms with Crippen LogP contribution in [0.3, 0.4) is 0 Å². The van der Waals surface area contributed by atoms with Crippen LogP contribution in [0.5, 0.6) is 0 Å². The summed E-state index contributed by atoms with van der Waals surface area (Å²) in [5, 5.41) is 5.16.